The van der Waals surface area contributed by atoms with Crippen molar-refractivity contribution in [1.29, 1.82) is 0 Å². The quantitative estimate of drug-likeness (QED) is 0.275. The summed E-state index contributed by atoms with van der Waals surface area (Å²) in [6, 6.07) is 13.7. The molecule has 0 bridgehead atoms. The summed E-state index contributed by atoms with van der Waals surface area (Å²) >= 11 is 12.6. The summed E-state index contributed by atoms with van der Waals surface area (Å²) in [5, 5.41) is 6.86. The van der Waals surface area contributed by atoms with Gasteiger partial charge in [-0.15, -0.1) is 0 Å². The number of nitrogens with one attached hydrogen (secondary N) is 2. The summed E-state index contributed by atoms with van der Waals surface area (Å²) in [5.74, 6) is -1.42. The molecule has 3 aromatic carbocycles. The van der Waals surface area contributed by atoms with E-state index >= 15 is 0 Å². The maximum atomic E-state index is 14.8. The molecule has 0 spiro atoms. The fraction of sp³-hybridized carbons (Fsp3) is 0.172. The van der Waals surface area contributed by atoms with Gasteiger partial charge in [0.25, 0.3) is 5.91 Å². The van der Waals surface area contributed by atoms with Gasteiger partial charge < -0.3 is 15.5 Å². The van der Waals surface area contributed by atoms with Crippen LogP contribution in [0.15, 0.2) is 65.8 Å². The predicted octanol–water partition coefficient (Wildman–Crippen LogP) is 6.11. The Morgan fingerprint density at radius 1 is 1.05 bits per heavy atom. The molecule has 0 aliphatic carbocycles. The molecule has 0 atom stereocenters. The van der Waals surface area contributed by atoms with Gasteiger partial charge in [-0.25, -0.2) is 18.7 Å². The Labute approximate surface area is 239 Å². The molecule has 11 heteroatoms. The third-order valence-electron chi connectivity index (χ3n) is 6.46. The molecule has 0 radical (unpaired) electrons. The molecule has 0 fully saturated rings. The number of anilines is 2. The first kappa shape index (κ1) is 27.6. The van der Waals surface area contributed by atoms with E-state index < -0.39 is 11.6 Å². The fourth-order valence-corrected chi connectivity index (χ4v) is 4.78. The number of aliphatic imine (C=N–C) groups is 1. The van der Waals surface area contributed by atoms with Gasteiger partial charge in [0.2, 0.25) is 5.95 Å². The van der Waals surface area contributed by atoms with Crippen molar-refractivity contribution in [2.24, 2.45) is 4.99 Å². The largest absolute Gasteiger partial charge is 0.340 e. The lowest BCUT2D eigenvalue weighted by Crippen LogP contribution is -2.32. The first-order valence-corrected chi connectivity index (χ1v) is 13.1. The van der Waals surface area contributed by atoms with Crippen LogP contribution in [0.2, 0.25) is 10.0 Å². The minimum atomic E-state index is -0.728. The Hall–Kier alpha value is -3.92. The number of carbonyl (C=O) groups is 1. The molecule has 1 aliphatic heterocycles. The smallest absolute Gasteiger partial charge is 0.255 e. The van der Waals surface area contributed by atoms with Crippen LogP contribution in [0, 0.1) is 11.6 Å². The number of benzene rings is 3. The van der Waals surface area contributed by atoms with Gasteiger partial charge in [0.15, 0.2) is 0 Å². The maximum Gasteiger partial charge on any atom is 0.255 e. The third-order valence-corrected chi connectivity index (χ3v) is 7.02. The van der Waals surface area contributed by atoms with Crippen LogP contribution in [0.1, 0.15) is 27.0 Å². The average molecular weight is 581 g/mol. The Morgan fingerprint density at radius 2 is 1.82 bits per heavy atom. The zero-order valence-electron chi connectivity index (χ0n) is 21.6. The van der Waals surface area contributed by atoms with E-state index in [0.717, 1.165) is 0 Å². The molecule has 1 amide bonds. The zero-order valence-corrected chi connectivity index (χ0v) is 23.1. The number of halogens is 4. The van der Waals surface area contributed by atoms with Crippen molar-refractivity contribution < 1.29 is 13.6 Å². The molecule has 1 aliphatic rings. The molecular weight excluding hydrogens is 557 g/mol. The van der Waals surface area contributed by atoms with Gasteiger partial charge in [-0.05, 0) is 49.5 Å². The summed E-state index contributed by atoms with van der Waals surface area (Å²) in [4.78, 5) is 28.2. The second kappa shape index (κ2) is 11.7. The summed E-state index contributed by atoms with van der Waals surface area (Å²) < 4.78 is 29.6. The summed E-state index contributed by atoms with van der Waals surface area (Å²) in [7, 11) is 3.52. The first-order valence-electron chi connectivity index (χ1n) is 12.4. The molecule has 0 unspecified atom stereocenters. The van der Waals surface area contributed by atoms with Crippen LogP contribution in [0.4, 0.5) is 20.4 Å². The summed E-state index contributed by atoms with van der Waals surface area (Å²) in [6.07, 6.45) is 1.61. The van der Waals surface area contributed by atoms with Crippen LogP contribution in [0.3, 0.4) is 0 Å². The monoisotopic (exact) mass is 580 g/mol. The van der Waals surface area contributed by atoms with Crippen LogP contribution in [0.5, 0.6) is 0 Å². The number of fused-ring (bicyclic) bond motifs is 3. The lowest BCUT2D eigenvalue weighted by molar-refractivity contribution is 0.0797. The van der Waals surface area contributed by atoms with Crippen molar-refractivity contribution in [3.8, 4) is 11.3 Å². The molecule has 4 aromatic rings. The van der Waals surface area contributed by atoms with E-state index in [1.165, 1.54) is 18.2 Å². The van der Waals surface area contributed by atoms with Crippen molar-refractivity contribution in [3.05, 3.63) is 105 Å². The van der Waals surface area contributed by atoms with Crippen LogP contribution in [0.25, 0.3) is 11.3 Å². The van der Waals surface area contributed by atoms with Crippen LogP contribution < -0.4 is 10.6 Å². The molecule has 5 rings (SSSR count). The highest BCUT2D eigenvalue weighted by Gasteiger charge is 2.25. The normalized spacial score (nSPS) is 12.2. The minimum Gasteiger partial charge on any atom is -0.340 e. The standard InChI is InChI=1S/C29H24Cl2F2N6O/c1-34-10-11-39(2)28(40)21-13-18(7-9-22(21)31)37-29-36-15-16-14-35-27(25-23(32)4-3-5-24(25)33)20-12-17(30)6-8-19(20)26(16)38-29/h3-9,12-13,15,34H,10-11,14H2,1-2H3,(H,36,37,38). The maximum absolute atomic E-state index is 14.8. The third kappa shape index (κ3) is 5.54. The summed E-state index contributed by atoms with van der Waals surface area (Å²) in [6.45, 7) is 1.26. The van der Waals surface area contributed by atoms with Crippen molar-refractivity contribution in [1.82, 2.24) is 20.2 Å². The lowest BCUT2D eigenvalue weighted by Gasteiger charge is -2.18. The highest BCUT2D eigenvalue weighted by atomic mass is 35.5. The number of aromatic nitrogens is 2. The topological polar surface area (TPSA) is 82.5 Å². The molecule has 1 aromatic heterocycles. The second-order valence-electron chi connectivity index (χ2n) is 9.17. The fourth-order valence-electron chi connectivity index (χ4n) is 4.40. The average Bonchev–Trinajstić information content (AvgIpc) is 3.09. The van der Waals surface area contributed by atoms with E-state index in [9.17, 15) is 13.6 Å². The van der Waals surface area contributed by atoms with Crippen molar-refractivity contribution in [2.75, 3.05) is 32.5 Å². The zero-order chi connectivity index (χ0) is 28.4. The predicted molar refractivity (Wildman–Crippen MR) is 154 cm³/mol. The van der Waals surface area contributed by atoms with Crippen molar-refractivity contribution >= 4 is 46.5 Å². The molecule has 0 saturated carbocycles. The van der Waals surface area contributed by atoms with E-state index in [-0.39, 0.29) is 29.7 Å². The number of hydrogen-bond donors (Lipinski definition) is 2. The second-order valence-corrected chi connectivity index (χ2v) is 10.0. The Balaban J connectivity index is 1.51. The van der Waals surface area contributed by atoms with E-state index in [2.05, 4.69) is 20.6 Å². The molecule has 40 heavy (non-hydrogen) atoms. The summed E-state index contributed by atoms with van der Waals surface area (Å²) in [5.41, 5.74) is 3.06. The minimum absolute atomic E-state index is 0.101. The first-order chi connectivity index (χ1) is 19.3. The number of rotatable bonds is 7. The molecule has 2 heterocycles. The molecule has 204 valence electrons. The number of nitrogens with zero attached hydrogens (tertiary/aromatic N) is 4. The van der Waals surface area contributed by atoms with Gasteiger partial charge in [-0.2, -0.15) is 0 Å². The van der Waals surface area contributed by atoms with Crippen molar-refractivity contribution in [3.63, 3.8) is 0 Å². The van der Waals surface area contributed by atoms with E-state index in [1.54, 1.807) is 54.5 Å². The SMILES string of the molecule is CNCCN(C)C(=O)c1cc(Nc2ncc3c(n2)-c2ccc(Cl)cc2C(c2c(F)cccc2F)=NC3)ccc1Cl. The van der Waals surface area contributed by atoms with Crippen LogP contribution in [-0.2, 0) is 6.54 Å². The Kier molecular flexibility index (Phi) is 8.07. The van der Waals surface area contributed by atoms with Crippen molar-refractivity contribution in [2.45, 2.75) is 6.54 Å². The van der Waals surface area contributed by atoms with Gasteiger partial charge in [0.05, 0.1) is 34.1 Å². The van der Waals surface area contributed by atoms with Crippen LogP contribution in [-0.4, -0.2) is 53.7 Å². The molecule has 7 nitrogen and oxygen atoms in total. The Morgan fingerprint density at radius 3 is 2.58 bits per heavy atom. The molecule has 0 saturated heterocycles. The van der Waals surface area contributed by atoms with E-state index in [4.69, 9.17) is 28.2 Å². The lowest BCUT2D eigenvalue weighted by atomic mass is 9.95. The Bertz CT molecular complexity index is 1630. The van der Waals surface area contributed by atoms with E-state index in [0.29, 0.717) is 56.8 Å². The van der Waals surface area contributed by atoms with Crippen LogP contribution >= 0.6 is 23.2 Å². The molecule has 2 N–H and O–H groups in total. The highest BCUT2D eigenvalue weighted by Crippen LogP contribution is 2.35. The van der Waals surface area contributed by atoms with Gasteiger partial charge in [0.1, 0.15) is 11.6 Å². The van der Waals surface area contributed by atoms with Gasteiger partial charge in [-0.1, -0.05) is 35.3 Å². The number of amides is 1. The van der Waals surface area contributed by atoms with Gasteiger partial charge in [-0.3, -0.25) is 9.79 Å². The number of hydrogen-bond acceptors (Lipinski definition) is 6. The highest BCUT2D eigenvalue weighted by molar-refractivity contribution is 6.34. The number of carbonyl (C=O) groups excluding carboxylic acids is 1. The van der Waals surface area contributed by atoms with E-state index in [1.807, 2.05) is 7.05 Å². The van der Waals surface area contributed by atoms with Gasteiger partial charge >= 0.3 is 0 Å². The number of likely N-dealkylation sites (N-methyl/N-ethyl adjacent to an activating group) is 2. The molecular formula is C29H24Cl2F2N6O. The van der Waals surface area contributed by atoms with Gasteiger partial charge in [0, 0.05) is 53.7 Å².